The van der Waals surface area contributed by atoms with E-state index < -0.39 is 56.1 Å². The van der Waals surface area contributed by atoms with Gasteiger partial charge in [-0.3, -0.25) is 4.79 Å². The molecule has 1 amide bonds. The summed E-state index contributed by atoms with van der Waals surface area (Å²) in [6, 6.07) is 4.04. The molecule has 1 aliphatic heterocycles. The predicted octanol–water partition coefficient (Wildman–Crippen LogP) is 4.99. The number of hydrogen-bond acceptors (Lipinski definition) is 3. The van der Waals surface area contributed by atoms with E-state index in [-0.39, 0.29) is 6.54 Å². The van der Waals surface area contributed by atoms with Gasteiger partial charge in [0.05, 0.1) is 10.9 Å². The molecule has 2 atom stereocenters. The second kappa shape index (κ2) is 9.26. The van der Waals surface area contributed by atoms with Crippen LogP contribution in [0.1, 0.15) is 56.0 Å². The number of amides is 1. The van der Waals surface area contributed by atoms with Gasteiger partial charge in [-0.05, 0) is 67.6 Å². The molecule has 1 aliphatic rings. The third kappa shape index (κ3) is 5.41. The van der Waals surface area contributed by atoms with Gasteiger partial charge in [-0.1, -0.05) is 25.1 Å². The van der Waals surface area contributed by atoms with E-state index in [0.717, 1.165) is 43.7 Å². The van der Waals surface area contributed by atoms with Crippen molar-refractivity contribution in [1.29, 1.82) is 0 Å². The summed E-state index contributed by atoms with van der Waals surface area (Å²) in [6.07, 6.45) is -4.28. The topological polar surface area (TPSA) is 66.5 Å². The van der Waals surface area contributed by atoms with E-state index in [1.807, 2.05) is 0 Å². The highest BCUT2D eigenvalue weighted by atomic mass is 32.2. The Labute approximate surface area is 195 Å². The zero-order valence-electron chi connectivity index (χ0n) is 18.8. The monoisotopic (exact) mass is 504 g/mol. The van der Waals surface area contributed by atoms with Crippen LogP contribution >= 0.6 is 0 Å². The maximum Gasteiger partial charge on any atom is 0.408 e. The highest BCUT2D eigenvalue weighted by molar-refractivity contribution is 7.89. The molecule has 5 nitrogen and oxygen atoms in total. The number of sulfonamides is 1. The predicted molar refractivity (Wildman–Crippen MR) is 116 cm³/mol. The molecule has 2 aromatic carbocycles. The van der Waals surface area contributed by atoms with Gasteiger partial charge in [0.25, 0.3) is 5.91 Å². The molecule has 11 heteroatoms. The number of hydrogen-bond donors (Lipinski definition) is 1. The minimum absolute atomic E-state index is 0.239. The summed E-state index contributed by atoms with van der Waals surface area (Å²) in [5, 5.41) is 0. The number of carbonyl (C=O) groups excluding carboxylic acids is 1. The number of nitrogens with one attached hydrogen (secondary N) is 1. The van der Waals surface area contributed by atoms with Gasteiger partial charge in [0.2, 0.25) is 10.0 Å². The van der Waals surface area contributed by atoms with Crippen molar-refractivity contribution in [1.82, 2.24) is 9.62 Å². The van der Waals surface area contributed by atoms with E-state index in [1.165, 1.54) is 23.1 Å². The lowest BCUT2D eigenvalue weighted by molar-refractivity contribution is -0.153. The molecule has 0 spiro atoms. The SMILES string of the molecule is CCC1c2cc(S(=O)(=O)NC(c3ccc(F)cc3)C(F)(F)F)ccc2CCN1C(=O)C(C)(C)F. The van der Waals surface area contributed by atoms with Crippen LogP contribution in [0.25, 0.3) is 0 Å². The fourth-order valence-electron chi connectivity index (χ4n) is 4.07. The average molecular weight is 505 g/mol. The fraction of sp³-hybridized carbons (Fsp3) is 0.435. The van der Waals surface area contributed by atoms with Crippen LogP contribution in [-0.4, -0.2) is 37.6 Å². The van der Waals surface area contributed by atoms with Crippen molar-refractivity contribution < 1.29 is 35.2 Å². The molecule has 2 unspecified atom stereocenters. The van der Waals surface area contributed by atoms with Crippen molar-refractivity contribution in [3.05, 3.63) is 65.0 Å². The van der Waals surface area contributed by atoms with Gasteiger partial charge in [0, 0.05) is 6.54 Å². The minimum Gasteiger partial charge on any atom is -0.333 e. The van der Waals surface area contributed by atoms with Crippen LogP contribution in [0.4, 0.5) is 22.0 Å². The van der Waals surface area contributed by atoms with Crippen LogP contribution in [0.2, 0.25) is 0 Å². The fourth-order valence-corrected chi connectivity index (χ4v) is 5.32. The first-order chi connectivity index (χ1) is 15.6. The second-order valence-electron chi connectivity index (χ2n) is 8.65. The van der Waals surface area contributed by atoms with Crippen molar-refractivity contribution in [2.45, 2.75) is 62.4 Å². The first-order valence-electron chi connectivity index (χ1n) is 10.6. The number of carbonyl (C=O) groups is 1. The third-order valence-corrected chi connectivity index (χ3v) is 7.17. The molecule has 0 saturated heterocycles. The van der Waals surface area contributed by atoms with Gasteiger partial charge in [0.15, 0.2) is 5.67 Å². The zero-order valence-corrected chi connectivity index (χ0v) is 19.6. The third-order valence-electron chi connectivity index (χ3n) is 5.74. The lowest BCUT2D eigenvalue weighted by Crippen LogP contribution is -2.47. The summed E-state index contributed by atoms with van der Waals surface area (Å²) >= 11 is 0. The normalized spacial score (nSPS) is 17.9. The first kappa shape index (κ1) is 26.1. The van der Waals surface area contributed by atoms with Crippen LogP contribution in [0.5, 0.6) is 0 Å². The number of rotatable bonds is 6. The molecule has 0 fully saturated rings. The highest BCUT2D eigenvalue weighted by Gasteiger charge is 2.44. The van der Waals surface area contributed by atoms with Crippen molar-refractivity contribution in [2.75, 3.05) is 6.54 Å². The smallest absolute Gasteiger partial charge is 0.333 e. The quantitative estimate of drug-likeness (QED) is 0.564. The van der Waals surface area contributed by atoms with E-state index >= 15 is 0 Å². The van der Waals surface area contributed by atoms with Crippen LogP contribution in [0, 0.1) is 5.82 Å². The van der Waals surface area contributed by atoms with E-state index in [4.69, 9.17) is 0 Å². The Balaban J connectivity index is 1.99. The molecule has 0 saturated carbocycles. The summed E-state index contributed by atoms with van der Waals surface area (Å²) < 4.78 is 96.2. The Morgan fingerprint density at radius 3 is 2.26 bits per heavy atom. The molecule has 0 aliphatic carbocycles. The number of benzene rings is 2. The number of nitrogens with zero attached hydrogens (tertiary/aromatic N) is 1. The summed E-state index contributed by atoms with van der Waals surface area (Å²) in [6.45, 7) is 4.26. The molecule has 34 heavy (non-hydrogen) atoms. The van der Waals surface area contributed by atoms with Crippen LogP contribution in [0.15, 0.2) is 47.4 Å². The highest BCUT2D eigenvalue weighted by Crippen LogP contribution is 2.37. The van der Waals surface area contributed by atoms with Crippen LogP contribution in [-0.2, 0) is 21.2 Å². The second-order valence-corrected chi connectivity index (χ2v) is 10.4. The van der Waals surface area contributed by atoms with Gasteiger partial charge >= 0.3 is 6.18 Å². The summed E-state index contributed by atoms with van der Waals surface area (Å²) in [5.74, 6) is -1.51. The van der Waals surface area contributed by atoms with Crippen molar-refractivity contribution in [3.8, 4) is 0 Å². The minimum atomic E-state index is -4.99. The summed E-state index contributed by atoms with van der Waals surface area (Å²) in [7, 11) is -4.67. The summed E-state index contributed by atoms with van der Waals surface area (Å²) in [5.41, 5.74) is -1.42. The molecule has 186 valence electrons. The largest absolute Gasteiger partial charge is 0.408 e. The Morgan fingerprint density at radius 1 is 1.12 bits per heavy atom. The van der Waals surface area contributed by atoms with Gasteiger partial charge in [-0.25, -0.2) is 17.2 Å². The number of halogens is 5. The Hall–Kier alpha value is -2.53. The summed E-state index contributed by atoms with van der Waals surface area (Å²) in [4.78, 5) is 13.5. The molecule has 3 rings (SSSR count). The van der Waals surface area contributed by atoms with E-state index in [2.05, 4.69) is 0 Å². The van der Waals surface area contributed by atoms with E-state index in [9.17, 15) is 35.2 Å². The van der Waals surface area contributed by atoms with Crippen molar-refractivity contribution >= 4 is 15.9 Å². The Bertz CT molecular complexity index is 1160. The maximum absolute atomic E-state index is 14.3. The molecular weight excluding hydrogens is 479 g/mol. The van der Waals surface area contributed by atoms with Gasteiger partial charge in [0.1, 0.15) is 11.9 Å². The molecule has 1 N–H and O–H groups in total. The number of fused-ring (bicyclic) bond motifs is 1. The van der Waals surface area contributed by atoms with E-state index in [1.54, 1.807) is 11.6 Å². The lowest BCUT2D eigenvalue weighted by Gasteiger charge is -2.39. The van der Waals surface area contributed by atoms with Gasteiger partial charge in [-0.15, -0.1) is 0 Å². The lowest BCUT2D eigenvalue weighted by atomic mass is 9.90. The van der Waals surface area contributed by atoms with Crippen molar-refractivity contribution in [3.63, 3.8) is 0 Å². The Kier molecular flexibility index (Phi) is 7.10. The van der Waals surface area contributed by atoms with Crippen LogP contribution in [0.3, 0.4) is 0 Å². The first-order valence-corrected chi connectivity index (χ1v) is 12.1. The van der Waals surface area contributed by atoms with Gasteiger partial charge in [-0.2, -0.15) is 17.9 Å². The standard InChI is InChI=1S/C23H25F5N2O3S/c1-4-19-18-13-17(10-7-14(18)11-12-30(19)21(31)22(2,3)25)34(32,33)29-20(23(26,27)28)15-5-8-16(24)9-6-15/h5-10,13,19-20,29H,4,11-12H2,1-3H3. The Morgan fingerprint density at radius 2 is 1.74 bits per heavy atom. The zero-order chi connectivity index (χ0) is 25.5. The van der Waals surface area contributed by atoms with Crippen molar-refractivity contribution in [2.24, 2.45) is 0 Å². The molecule has 0 bridgehead atoms. The maximum atomic E-state index is 14.3. The van der Waals surface area contributed by atoms with Gasteiger partial charge < -0.3 is 4.90 Å². The number of alkyl halides is 4. The molecular formula is C23H25F5N2O3S. The molecule has 1 heterocycles. The molecule has 2 aromatic rings. The molecule has 0 aromatic heterocycles. The van der Waals surface area contributed by atoms with Crippen LogP contribution < -0.4 is 4.72 Å². The van der Waals surface area contributed by atoms with E-state index in [0.29, 0.717) is 18.4 Å². The molecule has 0 radical (unpaired) electrons. The average Bonchev–Trinajstić information content (AvgIpc) is 2.75.